The fraction of sp³-hybridized carbons (Fsp3) is 0.452. The van der Waals surface area contributed by atoms with Crippen molar-refractivity contribution in [1.82, 2.24) is 14.7 Å². The molecular weight excluding hydrogens is 728 g/mol. The summed E-state index contributed by atoms with van der Waals surface area (Å²) in [5, 5.41) is 9.48. The Labute approximate surface area is 297 Å². The highest BCUT2D eigenvalue weighted by atomic mass is 79.9. The van der Waals surface area contributed by atoms with Gasteiger partial charge >= 0.3 is 0 Å². The Hall–Kier alpha value is -3.47. The number of rotatable bonds is 7. The lowest BCUT2D eigenvalue weighted by Crippen LogP contribution is -2.21. The lowest BCUT2D eigenvalue weighted by molar-refractivity contribution is 0.0822. The van der Waals surface area contributed by atoms with Crippen molar-refractivity contribution in [2.45, 2.75) is 41.5 Å². The Bertz CT molecular complexity index is 1560. The van der Waals surface area contributed by atoms with Crippen molar-refractivity contribution < 1.29 is 29.0 Å². The summed E-state index contributed by atoms with van der Waals surface area (Å²) in [5.41, 5.74) is 9.13. The number of hydrogen-bond donors (Lipinski definition) is 2. The van der Waals surface area contributed by atoms with Crippen LogP contribution in [0.2, 0.25) is 0 Å². The molecule has 0 spiro atoms. The van der Waals surface area contributed by atoms with Crippen LogP contribution in [0.4, 0.5) is 17.1 Å². The number of hydrogen-bond acceptors (Lipinski definition) is 12. The molecule has 0 aromatic carbocycles. The molecule has 3 rings (SSSR count). The van der Waals surface area contributed by atoms with E-state index in [2.05, 4.69) is 25.9 Å². The summed E-state index contributed by atoms with van der Waals surface area (Å²) >= 11 is 7.38. The van der Waals surface area contributed by atoms with E-state index in [0.29, 0.717) is 37.5 Å². The van der Waals surface area contributed by atoms with Crippen LogP contribution in [0, 0.1) is 13.8 Å². The largest absolute Gasteiger partial charge is 0.504 e. The highest BCUT2D eigenvalue weighted by Crippen LogP contribution is 2.46. The van der Waals surface area contributed by atoms with Gasteiger partial charge < -0.3 is 35.0 Å². The number of carbonyl (C=O) groups excluding carboxylic acids is 3. The third-order valence-electron chi connectivity index (χ3n) is 5.79. The third-order valence-corrected chi connectivity index (χ3v) is 9.75. The van der Waals surface area contributed by atoms with E-state index in [0.717, 1.165) is 30.7 Å². The second-order valence-electron chi connectivity index (χ2n) is 10.9. The summed E-state index contributed by atoms with van der Waals surface area (Å²) in [6.07, 6.45) is 0. The number of methoxy groups -OCH3 is 2. The van der Waals surface area contributed by atoms with Gasteiger partial charge in [-0.2, -0.15) is 0 Å². The number of nitrogens with two attached hydrogens (primary N) is 1. The first-order valence-corrected chi connectivity index (χ1v) is 17.3. The summed E-state index contributed by atoms with van der Waals surface area (Å²) in [7, 11) is 13.3. The number of aliphatic imine (C=N–C) groups is 2. The predicted molar refractivity (Wildman–Crippen MR) is 200 cm³/mol. The van der Waals surface area contributed by atoms with Gasteiger partial charge in [-0.05, 0) is 57.5 Å². The van der Waals surface area contributed by atoms with Gasteiger partial charge in [0.25, 0.3) is 17.7 Å². The maximum Gasteiger partial charge on any atom is 0.267 e. The number of nitrogen functional groups attached to an aromatic ring is 1. The van der Waals surface area contributed by atoms with Crippen LogP contribution >= 0.6 is 49.9 Å². The Morgan fingerprint density at radius 3 is 1.40 bits per heavy atom. The van der Waals surface area contributed by atoms with Crippen molar-refractivity contribution in [3.63, 3.8) is 0 Å². The number of thiophene rings is 3. The van der Waals surface area contributed by atoms with Crippen LogP contribution in [0.25, 0.3) is 0 Å². The van der Waals surface area contributed by atoms with Gasteiger partial charge in [0.05, 0.1) is 19.9 Å². The van der Waals surface area contributed by atoms with Crippen LogP contribution in [-0.2, 0) is 0 Å². The minimum Gasteiger partial charge on any atom is -0.504 e. The first-order chi connectivity index (χ1) is 21.7. The van der Waals surface area contributed by atoms with E-state index < -0.39 is 0 Å². The molecule has 0 saturated carbocycles. The van der Waals surface area contributed by atoms with Crippen molar-refractivity contribution in [1.29, 1.82) is 0 Å². The Kier molecular flexibility index (Phi) is 16.1. The second-order valence-corrected chi connectivity index (χ2v) is 15.7. The smallest absolute Gasteiger partial charge is 0.267 e. The van der Waals surface area contributed by atoms with Gasteiger partial charge in [0.15, 0.2) is 17.2 Å². The van der Waals surface area contributed by atoms with Gasteiger partial charge in [0.2, 0.25) is 0 Å². The molecule has 0 radical (unpaired) electrons. The van der Waals surface area contributed by atoms with E-state index in [1.54, 1.807) is 68.3 Å². The van der Waals surface area contributed by atoms with Crippen LogP contribution < -0.4 is 15.2 Å². The zero-order valence-electron chi connectivity index (χ0n) is 29.4. The van der Waals surface area contributed by atoms with E-state index in [9.17, 15) is 19.5 Å². The van der Waals surface area contributed by atoms with E-state index in [4.69, 9.17) is 15.2 Å². The molecule has 3 aromatic heterocycles. The van der Waals surface area contributed by atoms with Crippen molar-refractivity contribution in [2.75, 3.05) is 62.2 Å². The van der Waals surface area contributed by atoms with E-state index in [1.165, 1.54) is 43.8 Å². The number of anilines is 1. The normalized spacial score (nSPS) is 10.0. The third kappa shape index (κ3) is 10.8. The van der Waals surface area contributed by atoms with Crippen molar-refractivity contribution >= 4 is 96.1 Å². The summed E-state index contributed by atoms with van der Waals surface area (Å²) in [5.74, 6) is 0.658. The van der Waals surface area contributed by atoms with Crippen LogP contribution in [0.1, 0.15) is 66.5 Å². The van der Waals surface area contributed by atoms with Gasteiger partial charge in [-0.3, -0.25) is 24.4 Å². The van der Waals surface area contributed by atoms with Crippen LogP contribution in [0.5, 0.6) is 17.2 Å². The summed E-state index contributed by atoms with van der Waals surface area (Å²) in [6.45, 7) is 11.4. The molecule has 0 bridgehead atoms. The van der Waals surface area contributed by atoms with Crippen molar-refractivity contribution in [3.05, 3.63) is 28.2 Å². The molecule has 3 heterocycles. The highest BCUT2D eigenvalue weighted by Gasteiger charge is 2.25. The Balaban J connectivity index is 0.000000356. The zero-order valence-corrected chi connectivity index (χ0v) is 33.4. The molecule has 0 aliphatic carbocycles. The minimum atomic E-state index is -0.220. The fourth-order valence-electron chi connectivity index (χ4n) is 3.53. The molecule has 260 valence electrons. The average Bonchev–Trinajstić information content (AvgIpc) is 3.57. The van der Waals surface area contributed by atoms with Gasteiger partial charge in [-0.15, -0.1) is 34.0 Å². The number of aromatic hydroxyl groups is 1. The molecule has 0 unspecified atom stereocenters. The maximum absolute atomic E-state index is 12.0. The first kappa shape index (κ1) is 41.6. The number of nitrogens with zero attached hydrogens (tertiary/aromatic N) is 5. The second kappa shape index (κ2) is 18.2. The predicted octanol–water partition coefficient (Wildman–Crippen LogP) is 7.26. The van der Waals surface area contributed by atoms with E-state index >= 15 is 0 Å². The van der Waals surface area contributed by atoms with Crippen molar-refractivity contribution in [2.24, 2.45) is 9.98 Å². The molecular formula is C31H45BrN6O6S3. The first-order valence-electron chi connectivity index (χ1n) is 14.0. The van der Waals surface area contributed by atoms with Crippen LogP contribution in [0.15, 0.2) is 13.8 Å². The van der Waals surface area contributed by atoms with E-state index in [1.807, 2.05) is 34.6 Å². The van der Waals surface area contributed by atoms with E-state index in [-0.39, 0.29) is 23.5 Å². The molecule has 16 heteroatoms. The van der Waals surface area contributed by atoms with Gasteiger partial charge in [0.1, 0.15) is 29.8 Å². The Morgan fingerprint density at radius 2 is 1.04 bits per heavy atom. The molecule has 3 amide bonds. The van der Waals surface area contributed by atoms with Crippen LogP contribution in [-0.4, -0.2) is 105 Å². The molecule has 47 heavy (non-hydrogen) atoms. The molecule has 0 atom stereocenters. The molecule has 0 aliphatic heterocycles. The number of amides is 3. The number of halogens is 1. The number of ether oxygens (including phenoxy) is 2. The standard InChI is InChI=1S/C12H18N2O2S.C11H15BrN2O2S.C8H12N2O2S/c1-7(2)13-9-8(3)17-11(10(9)16-6)12(15)14(4)5;1-6(2)13-7-8(16-5)9(17-10(7)12)11(15)14(3)4;1-4-5(9)6(11)7(13-4)8(12)10(2)3/h1-6H3;1-5H3;11H,9H2,1-3H3. The topological polar surface area (TPSA) is 150 Å². The maximum atomic E-state index is 12.0. The van der Waals surface area contributed by atoms with Gasteiger partial charge in [0, 0.05) is 63.5 Å². The SMILES string of the molecule is COc1c(C(=O)N(C)C)sc(Br)c1N=C(C)C.COc1c(C(=O)N(C)C)sc(C)c1N=C(C)C.Cc1sc(C(=O)N(C)C)c(O)c1N. The van der Waals surface area contributed by atoms with Gasteiger partial charge in [-0.1, -0.05) is 0 Å². The summed E-state index contributed by atoms with van der Waals surface area (Å²) in [6, 6.07) is 0. The molecule has 12 nitrogen and oxygen atoms in total. The molecule has 3 N–H and O–H groups in total. The lowest BCUT2D eigenvalue weighted by Gasteiger charge is -2.09. The van der Waals surface area contributed by atoms with Crippen molar-refractivity contribution in [3.8, 4) is 17.2 Å². The quantitative estimate of drug-likeness (QED) is 0.240. The Morgan fingerprint density at radius 1 is 0.681 bits per heavy atom. The van der Waals surface area contributed by atoms with Crippen LogP contribution in [0.3, 0.4) is 0 Å². The van der Waals surface area contributed by atoms with Gasteiger partial charge in [-0.25, -0.2) is 0 Å². The lowest BCUT2D eigenvalue weighted by atomic mass is 10.3. The minimum absolute atomic E-state index is 0.0508. The summed E-state index contributed by atoms with van der Waals surface area (Å²) in [4.78, 5) is 51.9. The average molecular weight is 774 g/mol. The summed E-state index contributed by atoms with van der Waals surface area (Å²) < 4.78 is 11.4. The number of aryl methyl sites for hydroxylation is 2. The number of carbonyl (C=O) groups is 3. The molecule has 0 aliphatic rings. The fourth-order valence-corrected chi connectivity index (χ4v) is 7.31. The molecule has 0 fully saturated rings. The molecule has 3 aromatic rings. The highest BCUT2D eigenvalue weighted by molar-refractivity contribution is 9.11. The molecule has 0 saturated heterocycles. The zero-order chi connectivity index (χ0) is 36.5. The monoisotopic (exact) mass is 772 g/mol.